The van der Waals surface area contributed by atoms with Gasteiger partial charge in [0.25, 0.3) is 0 Å². The minimum Gasteiger partial charge on any atom is -0.368 e. The van der Waals surface area contributed by atoms with Crippen LogP contribution in [0.4, 0.5) is 5.69 Å². The quantitative estimate of drug-likeness (QED) is 0.800. The molecule has 0 amide bonds. The Morgan fingerprint density at radius 1 is 1.47 bits per heavy atom. The van der Waals surface area contributed by atoms with Crippen molar-refractivity contribution in [2.45, 2.75) is 32.7 Å². The summed E-state index contributed by atoms with van der Waals surface area (Å²) in [6.45, 7) is 8.51. The number of fused-ring (bicyclic) bond motifs is 1. The number of nitrogens with zero attached hydrogens (tertiary/aromatic N) is 1. The molecule has 0 radical (unpaired) electrons. The van der Waals surface area contributed by atoms with E-state index in [0.717, 1.165) is 13.1 Å². The number of para-hydroxylation sites is 1. The van der Waals surface area contributed by atoms with Crippen LogP contribution < -0.4 is 10.6 Å². The first-order valence-corrected chi connectivity index (χ1v) is 5.71. The molecule has 2 heteroatoms. The third-order valence-corrected chi connectivity index (χ3v) is 3.32. The molecule has 2 rings (SSSR count). The number of anilines is 1. The topological polar surface area (TPSA) is 29.3 Å². The molecule has 0 bridgehead atoms. The molecule has 82 valence electrons. The number of aryl methyl sites for hydroxylation is 1. The van der Waals surface area contributed by atoms with E-state index in [1.54, 1.807) is 0 Å². The van der Waals surface area contributed by atoms with Crippen LogP contribution in [0.2, 0.25) is 0 Å². The molecule has 1 unspecified atom stereocenters. The summed E-state index contributed by atoms with van der Waals surface area (Å²) in [5.41, 5.74) is 10.1. The smallest absolute Gasteiger partial charge is 0.0435 e. The van der Waals surface area contributed by atoms with Crippen LogP contribution in [-0.4, -0.2) is 19.1 Å². The molecule has 0 saturated carbocycles. The number of benzene rings is 1. The fraction of sp³-hybridized carbons (Fsp3) is 0.538. The second kappa shape index (κ2) is 3.86. The zero-order valence-corrected chi connectivity index (χ0v) is 9.83. The van der Waals surface area contributed by atoms with Gasteiger partial charge in [-0.3, -0.25) is 0 Å². The van der Waals surface area contributed by atoms with Crippen molar-refractivity contribution in [3.8, 4) is 0 Å². The van der Waals surface area contributed by atoms with E-state index in [-0.39, 0.29) is 0 Å². The third kappa shape index (κ3) is 1.63. The summed E-state index contributed by atoms with van der Waals surface area (Å²) >= 11 is 0. The van der Waals surface area contributed by atoms with Crippen LogP contribution in [0.3, 0.4) is 0 Å². The zero-order valence-electron chi connectivity index (χ0n) is 9.83. The van der Waals surface area contributed by atoms with Gasteiger partial charge in [-0.05, 0) is 31.9 Å². The molecule has 0 fully saturated rings. The van der Waals surface area contributed by atoms with E-state index in [2.05, 4.69) is 43.9 Å². The fourth-order valence-corrected chi connectivity index (χ4v) is 2.50. The largest absolute Gasteiger partial charge is 0.368 e. The van der Waals surface area contributed by atoms with Crippen molar-refractivity contribution < 1.29 is 0 Å². The minimum absolute atomic E-state index is 0.516. The van der Waals surface area contributed by atoms with Crippen LogP contribution in [-0.2, 0) is 0 Å². The highest BCUT2D eigenvalue weighted by Gasteiger charge is 2.29. The maximum absolute atomic E-state index is 5.83. The summed E-state index contributed by atoms with van der Waals surface area (Å²) in [7, 11) is 0. The van der Waals surface area contributed by atoms with Gasteiger partial charge in [0, 0.05) is 30.7 Å². The first-order chi connectivity index (χ1) is 7.15. The third-order valence-electron chi connectivity index (χ3n) is 3.32. The standard InChI is InChI=1S/C13H20N2/c1-9(2)15-8-11(7-14)12-6-4-5-10(3)13(12)15/h4-6,9,11H,7-8,14H2,1-3H3. The molecule has 1 aromatic rings. The fourth-order valence-electron chi connectivity index (χ4n) is 2.50. The van der Waals surface area contributed by atoms with Gasteiger partial charge >= 0.3 is 0 Å². The number of rotatable bonds is 2. The lowest BCUT2D eigenvalue weighted by Gasteiger charge is -2.25. The molecule has 2 N–H and O–H groups in total. The van der Waals surface area contributed by atoms with Gasteiger partial charge in [0.1, 0.15) is 0 Å². The minimum atomic E-state index is 0.516. The van der Waals surface area contributed by atoms with Gasteiger partial charge < -0.3 is 10.6 Å². The average Bonchev–Trinajstić information content (AvgIpc) is 2.58. The molecule has 1 heterocycles. The SMILES string of the molecule is Cc1cccc2c1N(C(C)C)CC2CN. The Balaban J connectivity index is 2.48. The zero-order chi connectivity index (χ0) is 11.0. The van der Waals surface area contributed by atoms with Gasteiger partial charge in [-0.15, -0.1) is 0 Å². The number of nitrogens with two attached hydrogens (primary N) is 1. The Morgan fingerprint density at radius 3 is 2.80 bits per heavy atom. The molecule has 15 heavy (non-hydrogen) atoms. The molecule has 1 aromatic carbocycles. The van der Waals surface area contributed by atoms with Crippen molar-refractivity contribution in [1.82, 2.24) is 0 Å². The Hall–Kier alpha value is -1.02. The summed E-state index contributed by atoms with van der Waals surface area (Å²) < 4.78 is 0. The Labute approximate surface area is 92.1 Å². The summed E-state index contributed by atoms with van der Waals surface area (Å²) in [4.78, 5) is 2.47. The van der Waals surface area contributed by atoms with E-state index < -0.39 is 0 Å². The summed E-state index contributed by atoms with van der Waals surface area (Å²) in [5, 5.41) is 0. The van der Waals surface area contributed by atoms with Crippen LogP contribution in [0.25, 0.3) is 0 Å². The van der Waals surface area contributed by atoms with Gasteiger partial charge in [0.15, 0.2) is 0 Å². The lowest BCUT2D eigenvalue weighted by atomic mass is 10.00. The van der Waals surface area contributed by atoms with Crippen LogP contribution in [0.1, 0.15) is 30.9 Å². The second-order valence-electron chi connectivity index (χ2n) is 4.69. The molecule has 1 atom stereocenters. The molecule has 1 aliphatic heterocycles. The van der Waals surface area contributed by atoms with E-state index in [1.165, 1.54) is 16.8 Å². The van der Waals surface area contributed by atoms with Gasteiger partial charge in [-0.1, -0.05) is 18.2 Å². The molecular weight excluding hydrogens is 184 g/mol. The van der Waals surface area contributed by atoms with E-state index in [1.807, 2.05) is 0 Å². The number of hydrogen-bond acceptors (Lipinski definition) is 2. The average molecular weight is 204 g/mol. The predicted octanol–water partition coefficient (Wildman–Crippen LogP) is 2.27. The van der Waals surface area contributed by atoms with Crippen molar-refractivity contribution in [3.05, 3.63) is 29.3 Å². The monoisotopic (exact) mass is 204 g/mol. The predicted molar refractivity (Wildman–Crippen MR) is 65.5 cm³/mol. The highest BCUT2D eigenvalue weighted by Crippen LogP contribution is 2.39. The van der Waals surface area contributed by atoms with E-state index in [4.69, 9.17) is 5.73 Å². The Bertz CT molecular complexity index is 358. The van der Waals surface area contributed by atoms with Crippen molar-refractivity contribution in [2.24, 2.45) is 5.73 Å². The maximum atomic E-state index is 5.83. The highest BCUT2D eigenvalue weighted by atomic mass is 15.2. The molecule has 1 aliphatic rings. The highest BCUT2D eigenvalue weighted by molar-refractivity contribution is 5.65. The number of hydrogen-bond donors (Lipinski definition) is 1. The summed E-state index contributed by atoms with van der Waals surface area (Å²) in [6, 6.07) is 7.11. The molecule has 0 saturated heterocycles. The normalized spacial score (nSPS) is 19.8. The summed E-state index contributed by atoms with van der Waals surface area (Å²) in [5.74, 6) is 0.516. The lowest BCUT2D eigenvalue weighted by Crippen LogP contribution is -2.31. The molecule has 2 nitrogen and oxygen atoms in total. The van der Waals surface area contributed by atoms with Crippen LogP contribution in [0.15, 0.2) is 18.2 Å². The van der Waals surface area contributed by atoms with Crippen molar-refractivity contribution in [3.63, 3.8) is 0 Å². The maximum Gasteiger partial charge on any atom is 0.0435 e. The van der Waals surface area contributed by atoms with E-state index in [9.17, 15) is 0 Å². The Kier molecular flexibility index (Phi) is 2.70. The molecule has 0 aliphatic carbocycles. The van der Waals surface area contributed by atoms with E-state index >= 15 is 0 Å². The molecular formula is C13H20N2. The van der Waals surface area contributed by atoms with Crippen LogP contribution >= 0.6 is 0 Å². The lowest BCUT2D eigenvalue weighted by molar-refractivity contribution is 0.646. The van der Waals surface area contributed by atoms with Crippen molar-refractivity contribution in [2.75, 3.05) is 18.0 Å². The Morgan fingerprint density at radius 2 is 2.20 bits per heavy atom. The first-order valence-electron chi connectivity index (χ1n) is 5.71. The van der Waals surface area contributed by atoms with Gasteiger partial charge in [0.05, 0.1) is 0 Å². The molecule has 0 spiro atoms. The van der Waals surface area contributed by atoms with Gasteiger partial charge in [-0.2, -0.15) is 0 Å². The van der Waals surface area contributed by atoms with Crippen molar-refractivity contribution in [1.29, 1.82) is 0 Å². The van der Waals surface area contributed by atoms with Crippen LogP contribution in [0, 0.1) is 6.92 Å². The van der Waals surface area contributed by atoms with Gasteiger partial charge in [0.2, 0.25) is 0 Å². The first kappa shape index (κ1) is 10.5. The van der Waals surface area contributed by atoms with Crippen molar-refractivity contribution >= 4 is 5.69 Å². The van der Waals surface area contributed by atoms with Gasteiger partial charge in [-0.25, -0.2) is 0 Å². The summed E-state index contributed by atoms with van der Waals surface area (Å²) in [6.07, 6.45) is 0. The molecule has 0 aromatic heterocycles. The second-order valence-corrected chi connectivity index (χ2v) is 4.69. The van der Waals surface area contributed by atoms with Crippen LogP contribution in [0.5, 0.6) is 0 Å². The van der Waals surface area contributed by atoms with E-state index in [0.29, 0.717) is 12.0 Å².